The number of phenols is 1. The molecule has 0 amide bonds. The molecule has 2 aliphatic heterocycles. The van der Waals surface area contributed by atoms with E-state index in [0.717, 1.165) is 12.8 Å². The Labute approximate surface area is 290 Å². The van der Waals surface area contributed by atoms with Crippen LogP contribution in [0.4, 0.5) is 0 Å². The molecule has 0 aromatic heterocycles. The van der Waals surface area contributed by atoms with E-state index >= 15 is 0 Å². The second-order valence-corrected chi connectivity index (χ2v) is 17.8. The smallest absolute Gasteiger partial charge is 0.226 e. The summed E-state index contributed by atoms with van der Waals surface area (Å²) < 4.78 is 13.4. The zero-order valence-electron chi connectivity index (χ0n) is 31.6. The molecule has 2 heterocycles. The fraction of sp³-hybridized carbons (Fsp3) is 0.700. The maximum absolute atomic E-state index is 14.3. The van der Waals surface area contributed by atoms with Gasteiger partial charge in [0.25, 0.3) is 0 Å². The quantitative estimate of drug-likeness (QED) is 0.155. The minimum absolute atomic E-state index is 0.0823. The number of ketones is 4. The largest absolute Gasteiger partial charge is 0.507 e. The van der Waals surface area contributed by atoms with Crippen molar-refractivity contribution in [1.29, 1.82) is 0 Å². The monoisotopic (exact) mass is 680 g/mol. The molecule has 0 saturated heterocycles. The van der Waals surface area contributed by atoms with Crippen LogP contribution >= 0.6 is 0 Å². The Kier molecular flexibility index (Phi) is 8.73. The first-order valence-electron chi connectivity index (χ1n) is 18.0. The Morgan fingerprint density at radius 1 is 0.837 bits per heavy atom. The third-order valence-corrected chi connectivity index (χ3v) is 12.3. The lowest BCUT2D eigenvalue weighted by atomic mass is 9.50. The fourth-order valence-corrected chi connectivity index (χ4v) is 9.50. The van der Waals surface area contributed by atoms with Crippen molar-refractivity contribution >= 4 is 23.1 Å². The van der Waals surface area contributed by atoms with E-state index in [1.807, 2.05) is 34.6 Å². The van der Waals surface area contributed by atoms with Gasteiger partial charge in [-0.1, -0.05) is 61.3 Å². The summed E-state index contributed by atoms with van der Waals surface area (Å²) in [6.07, 6.45) is 0.939. The van der Waals surface area contributed by atoms with Crippen molar-refractivity contribution in [3.8, 4) is 17.2 Å². The first-order chi connectivity index (χ1) is 22.4. The molecule has 5 rings (SSSR count). The molecule has 9 heteroatoms. The highest BCUT2D eigenvalue weighted by Gasteiger charge is 2.72. The van der Waals surface area contributed by atoms with Gasteiger partial charge in [-0.05, 0) is 59.8 Å². The Hall–Kier alpha value is -3.04. The number of phenolic OH excluding ortho intramolecular Hbond substituents is 1. The number of carbonyl (C=O) groups excluding carboxylic acids is 4. The number of fused-ring (bicyclic) bond motifs is 4. The first-order valence-corrected chi connectivity index (χ1v) is 18.0. The molecule has 1 saturated carbocycles. The molecule has 1 aromatic rings. The number of ether oxygens (including phenoxy) is 2. The summed E-state index contributed by atoms with van der Waals surface area (Å²) in [6, 6.07) is 0. The molecule has 0 radical (unpaired) electrons. The average Bonchev–Trinajstić information content (AvgIpc) is 3.00. The van der Waals surface area contributed by atoms with E-state index < -0.39 is 68.6 Å². The lowest BCUT2D eigenvalue weighted by molar-refractivity contribution is -0.299. The van der Waals surface area contributed by atoms with Crippen LogP contribution in [-0.4, -0.2) is 50.3 Å². The van der Waals surface area contributed by atoms with E-state index in [1.165, 1.54) is 0 Å². The van der Waals surface area contributed by atoms with Gasteiger partial charge in [-0.3, -0.25) is 19.2 Å². The number of aliphatic hydroxyl groups is 2. The zero-order chi connectivity index (χ0) is 37.1. The van der Waals surface area contributed by atoms with Crippen molar-refractivity contribution in [3.05, 3.63) is 28.0 Å². The van der Waals surface area contributed by atoms with Crippen LogP contribution in [0, 0.1) is 39.4 Å². The van der Waals surface area contributed by atoms with E-state index in [2.05, 4.69) is 0 Å². The van der Waals surface area contributed by atoms with E-state index in [0.29, 0.717) is 17.6 Å². The predicted molar refractivity (Wildman–Crippen MR) is 185 cm³/mol. The second kappa shape index (κ2) is 11.5. The molecule has 0 spiro atoms. The normalized spacial score (nSPS) is 30.7. The third-order valence-electron chi connectivity index (χ3n) is 12.3. The summed E-state index contributed by atoms with van der Waals surface area (Å²) in [7, 11) is 0. The third kappa shape index (κ3) is 4.77. The minimum Gasteiger partial charge on any atom is -0.507 e. The number of hydrogen-bond donors (Lipinski definition) is 3. The lowest BCUT2D eigenvalue weighted by Gasteiger charge is -2.61. The Bertz CT molecular complexity index is 1670. The van der Waals surface area contributed by atoms with Crippen molar-refractivity contribution in [2.75, 3.05) is 0 Å². The number of aromatic hydroxyl groups is 1. The summed E-state index contributed by atoms with van der Waals surface area (Å²) in [6.45, 7) is 22.9. The van der Waals surface area contributed by atoms with Crippen LogP contribution in [0.5, 0.6) is 17.2 Å². The highest BCUT2D eigenvalue weighted by molar-refractivity contribution is 6.20. The minimum atomic E-state index is -2.27. The SMILES string of the molecule is CCCCCC(=O)c1c(O)c2c(c3c1OC1(O)C(C3C(C)C)C(O)C(C)(C)C(=O)C1(C)C)OC1=C(C(=O)C(C)(C)C(=O)C1(C)C)C2C(C)C. The summed E-state index contributed by atoms with van der Waals surface area (Å²) in [5.41, 5.74) is -4.55. The van der Waals surface area contributed by atoms with Crippen LogP contribution < -0.4 is 9.47 Å². The number of carbonyl (C=O) groups is 4. The Balaban J connectivity index is 1.95. The van der Waals surface area contributed by atoms with Gasteiger partial charge >= 0.3 is 0 Å². The molecule has 4 aliphatic rings. The number of Topliss-reactive ketones (excluding diaryl/α,β-unsaturated/α-hetero) is 4. The number of benzene rings is 1. The van der Waals surface area contributed by atoms with Gasteiger partial charge in [0, 0.05) is 35.0 Å². The van der Waals surface area contributed by atoms with Gasteiger partial charge in [0.1, 0.15) is 28.6 Å². The molecule has 0 bridgehead atoms. The highest BCUT2D eigenvalue weighted by Crippen LogP contribution is 2.67. The molecule has 5 atom stereocenters. The molecule has 9 nitrogen and oxygen atoms in total. The second-order valence-electron chi connectivity index (χ2n) is 17.8. The van der Waals surface area contributed by atoms with Crippen molar-refractivity contribution < 1.29 is 44.0 Å². The van der Waals surface area contributed by atoms with E-state index in [9.17, 15) is 34.5 Å². The molecule has 3 N–H and O–H groups in total. The topological polar surface area (TPSA) is 147 Å². The maximum Gasteiger partial charge on any atom is 0.226 e. The first kappa shape index (κ1) is 37.2. The molecule has 1 fully saturated rings. The van der Waals surface area contributed by atoms with Gasteiger partial charge in [-0.2, -0.15) is 0 Å². The van der Waals surface area contributed by atoms with Crippen LogP contribution in [0.15, 0.2) is 11.3 Å². The number of allylic oxidation sites excluding steroid dienone is 2. The van der Waals surface area contributed by atoms with E-state index in [-0.39, 0.29) is 58.2 Å². The Morgan fingerprint density at radius 3 is 1.96 bits per heavy atom. The molecule has 2 aliphatic carbocycles. The van der Waals surface area contributed by atoms with Crippen molar-refractivity contribution in [3.63, 3.8) is 0 Å². The number of rotatable bonds is 7. The summed E-state index contributed by atoms with van der Waals surface area (Å²) in [5.74, 6) is -6.99. The van der Waals surface area contributed by atoms with Gasteiger partial charge in [0.15, 0.2) is 23.1 Å². The molecular formula is C40H56O9. The summed E-state index contributed by atoms with van der Waals surface area (Å²) in [4.78, 5) is 56.5. The van der Waals surface area contributed by atoms with Crippen LogP contribution in [0.25, 0.3) is 0 Å². The van der Waals surface area contributed by atoms with Gasteiger partial charge < -0.3 is 24.8 Å². The predicted octanol–water partition coefficient (Wildman–Crippen LogP) is 7.18. The van der Waals surface area contributed by atoms with Crippen LogP contribution in [0.2, 0.25) is 0 Å². The molecule has 1 aromatic carbocycles. The molecule has 49 heavy (non-hydrogen) atoms. The van der Waals surface area contributed by atoms with Crippen molar-refractivity contribution in [1.82, 2.24) is 0 Å². The summed E-state index contributed by atoms with van der Waals surface area (Å²) in [5, 5.41) is 37.1. The van der Waals surface area contributed by atoms with Gasteiger partial charge in [-0.25, -0.2) is 0 Å². The van der Waals surface area contributed by atoms with Gasteiger partial charge in [0.05, 0.1) is 33.7 Å². The number of aliphatic hydroxyl groups excluding tert-OH is 1. The Morgan fingerprint density at radius 2 is 1.43 bits per heavy atom. The van der Waals surface area contributed by atoms with E-state index in [1.54, 1.807) is 55.4 Å². The van der Waals surface area contributed by atoms with Gasteiger partial charge in [-0.15, -0.1) is 0 Å². The molecule has 5 unspecified atom stereocenters. The average molecular weight is 681 g/mol. The summed E-state index contributed by atoms with van der Waals surface area (Å²) >= 11 is 0. The maximum atomic E-state index is 14.3. The number of hydrogen-bond acceptors (Lipinski definition) is 9. The highest BCUT2D eigenvalue weighted by atomic mass is 16.6. The van der Waals surface area contributed by atoms with E-state index in [4.69, 9.17) is 9.47 Å². The van der Waals surface area contributed by atoms with Crippen LogP contribution in [0.1, 0.15) is 149 Å². The fourth-order valence-electron chi connectivity index (χ4n) is 9.50. The van der Waals surface area contributed by atoms with Crippen LogP contribution in [0.3, 0.4) is 0 Å². The molecular weight excluding hydrogens is 624 g/mol. The number of unbranched alkanes of at least 4 members (excludes halogenated alkanes) is 2. The van der Waals surface area contributed by atoms with Crippen molar-refractivity contribution in [2.24, 2.45) is 39.4 Å². The lowest BCUT2D eigenvalue weighted by Crippen LogP contribution is -2.73. The van der Waals surface area contributed by atoms with Crippen LogP contribution in [-0.2, 0) is 14.4 Å². The van der Waals surface area contributed by atoms with Gasteiger partial charge in [0.2, 0.25) is 5.79 Å². The van der Waals surface area contributed by atoms with Crippen molar-refractivity contribution in [2.45, 2.75) is 139 Å². The molecule has 270 valence electrons. The zero-order valence-corrected chi connectivity index (χ0v) is 31.6. The standard InChI is InChI=1S/C40H56O9/c1-14-15-16-17-20(41)23-28(42)24-21(18(2)3)26-31(43)36(6,7)34(45)38(10,11)33(26)48-29(24)25-22(19(4)5)27-32(44)37(8,9)35(46)39(12,13)40(27,47)49-30(23)25/h18-19,21-22,27,32,42,44,47H,14-17H2,1-13H3.